The Bertz CT molecular complexity index is 1420. The van der Waals surface area contributed by atoms with Crippen LogP contribution in [0.4, 0.5) is 0 Å². The van der Waals surface area contributed by atoms with Gasteiger partial charge >= 0.3 is 0 Å². The molecule has 10 nitrogen and oxygen atoms in total. The third-order valence-corrected chi connectivity index (χ3v) is 5.54. The lowest BCUT2D eigenvalue weighted by molar-refractivity contribution is -0.143. The van der Waals surface area contributed by atoms with Gasteiger partial charge in [0.05, 0.1) is 31.1 Å². The van der Waals surface area contributed by atoms with Gasteiger partial charge in [0.2, 0.25) is 5.91 Å². The number of aromatic nitrogens is 3. The first-order valence-electron chi connectivity index (χ1n) is 11.0. The van der Waals surface area contributed by atoms with Crippen LogP contribution in [0.15, 0.2) is 86.4 Å². The third kappa shape index (κ3) is 4.86. The Morgan fingerprint density at radius 1 is 1.00 bits per heavy atom. The van der Waals surface area contributed by atoms with E-state index in [9.17, 15) is 9.59 Å². The van der Waals surface area contributed by atoms with Crippen molar-refractivity contribution in [2.75, 3.05) is 0 Å². The number of benzene rings is 1. The quantitative estimate of drug-likeness (QED) is 0.347. The molecule has 0 radical (unpaired) electrons. The molecule has 2 amide bonds. The molecule has 0 unspecified atom stereocenters. The maximum absolute atomic E-state index is 13.7. The number of amides is 2. The van der Waals surface area contributed by atoms with Crippen LogP contribution in [-0.2, 0) is 29.2 Å². The highest BCUT2D eigenvalue weighted by Gasteiger charge is 2.35. The summed E-state index contributed by atoms with van der Waals surface area (Å²) < 4.78 is 18.2. The zero-order chi connectivity index (χ0) is 24.2. The molecular weight excluding hydrogens is 450 g/mol. The topological polar surface area (TPSA) is 120 Å². The Hall–Kier alpha value is -4.60. The van der Waals surface area contributed by atoms with Crippen molar-refractivity contribution in [2.24, 2.45) is 0 Å². The Morgan fingerprint density at radius 2 is 1.77 bits per heavy atom. The lowest BCUT2D eigenvalue weighted by atomic mass is 10.1. The van der Waals surface area contributed by atoms with E-state index in [1.54, 1.807) is 43.3 Å². The number of hydrogen-bond donors (Lipinski definition) is 1. The molecule has 0 aliphatic rings. The molecule has 5 rings (SSSR count). The second-order valence-corrected chi connectivity index (χ2v) is 7.98. The number of nitrogens with zero attached hydrogens (tertiary/aromatic N) is 4. The standard InChI is InChI=1S/C25H23N5O5/c1-17-10-11-22(35-17)24(25(32)26-14-18-6-4-12-33-18)29(15-19-7-5-13-34-19)23(31)16-30-21-9-3-2-8-20(21)27-28-30/h2-13,24H,14-16H2,1H3,(H,26,32)/t24-/m1/s1. The number of furan rings is 3. The zero-order valence-corrected chi connectivity index (χ0v) is 19.0. The maximum atomic E-state index is 13.7. The first kappa shape index (κ1) is 22.2. The molecule has 1 N–H and O–H groups in total. The molecule has 4 heterocycles. The van der Waals surface area contributed by atoms with Crippen molar-refractivity contribution in [1.82, 2.24) is 25.2 Å². The number of fused-ring (bicyclic) bond motifs is 1. The number of carbonyl (C=O) groups is 2. The van der Waals surface area contributed by atoms with E-state index >= 15 is 0 Å². The second kappa shape index (κ2) is 9.72. The van der Waals surface area contributed by atoms with Gasteiger partial charge in [-0.05, 0) is 55.5 Å². The van der Waals surface area contributed by atoms with Gasteiger partial charge in [0, 0.05) is 0 Å². The van der Waals surface area contributed by atoms with Crippen LogP contribution in [-0.4, -0.2) is 31.7 Å². The van der Waals surface area contributed by atoms with E-state index in [1.165, 1.54) is 22.1 Å². The van der Waals surface area contributed by atoms with Crippen LogP contribution in [0.25, 0.3) is 11.0 Å². The number of nitrogens with one attached hydrogen (secondary N) is 1. The minimum absolute atomic E-state index is 0.0526. The molecule has 1 atom stereocenters. The van der Waals surface area contributed by atoms with E-state index < -0.39 is 11.9 Å². The van der Waals surface area contributed by atoms with Crippen LogP contribution in [0.1, 0.15) is 29.1 Å². The molecule has 1 aromatic carbocycles. The predicted octanol–water partition coefficient (Wildman–Crippen LogP) is 3.61. The molecule has 35 heavy (non-hydrogen) atoms. The fourth-order valence-corrected chi connectivity index (χ4v) is 3.86. The van der Waals surface area contributed by atoms with E-state index in [0.717, 1.165) is 0 Å². The van der Waals surface area contributed by atoms with Crippen molar-refractivity contribution in [3.8, 4) is 0 Å². The van der Waals surface area contributed by atoms with Gasteiger partial charge in [-0.1, -0.05) is 17.3 Å². The summed E-state index contributed by atoms with van der Waals surface area (Å²) in [7, 11) is 0. The van der Waals surface area contributed by atoms with Crippen LogP contribution in [0.5, 0.6) is 0 Å². The molecule has 4 aromatic heterocycles. The number of aryl methyl sites for hydroxylation is 1. The van der Waals surface area contributed by atoms with Crippen molar-refractivity contribution < 1.29 is 22.8 Å². The molecule has 0 saturated heterocycles. The fraction of sp³-hybridized carbons (Fsp3) is 0.200. The lowest BCUT2D eigenvalue weighted by Crippen LogP contribution is -2.44. The van der Waals surface area contributed by atoms with Gasteiger partial charge in [0.25, 0.3) is 5.91 Å². The average Bonchev–Trinajstić information content (AvgIpc) is 3.67. The van der Waals surface area contributed by atoms with Crippen LogP contribution < -0.4 is 5.32 Å². The predicted molar refractivity (Wildman–Crippen MR) is 124 cm³/mol. The van der Waals surface area contributed by atoms with Gasteiger partial charge in [-0.25, -0.2) is 4.68 Å². The Labute approximate surface area is 200 Å². The molecule has 0 fully saturated rings. The second-order valence-electron chi connectivity index (χ2n) is 7.98. The van der Waals surface area contributed by atoms with Crippen molar-refractivity contribution in [2.45, 2.75) is 32.6 Å². The third-order valence-electron chi connectivity index (χ3n) is 5.54. The van der Waals surface area contributed by atoms with Gasteiger partial charge in [-0.3, -0.25) is 9.59 Å². The maximum Gasteiger partial charge on any atom is 0.251 e. The highest BCUT2D eigenvalue weighted by Crippen LogP contribution is 2.27. The molecule has 0 bridgehead atoms. The summed E-state index contributed by atoms with van der Waals surface area (Å²) in [4.78, 5) is 28.6. The smallest absolute Gasteiger partial charge is 0.251 e. The van der Waals surface area contributed by atoms with Gasteiger partial charge < -0.3 is 23.5 Å². The number of para-hydroxylation sites is 1. The lowest BCUT2D eigenvalue weighted by Gasteiger charge is -2.29. The van der Waals surface area contributed by atoms with Crippen molar-refractivity contribution in [3.63, 3.8) is 0 Å². The highest BCUT2D eigenvalue weighted by atomic mass is 16.3. The fourth-order valence-electron chi connectivity index (χ4n) is 3.86. The molecule has 0 saturated carbocycles. The molecule has 10 heteroatoms. The summed E-state index contributed by atoms with van der Waals surface area (Å²) in [5, 5.41) is 11.1. The molecule has 0 aliphatic carbocycles. The summed E-state index contributed by atoms with van der Waals surface area (Å²) in [6, 6.07) is 16.7. The van der Waals surface area contributed by atoms with Crippen LogP contribution >= 0.6 is 0 Å². The number of hydrogen-bond acceptors (Lipinski definition) is 7. The zero-order valence-electron chi connectivity index (χ0n) is 19.0. The number of carbonyl (C=O) groups excluding carboxylic acids is 2. The van der Waals surface area contributed by atoms with Crippen molar-refractivity contribution in [1.29, 1.82) is 0 Å². The minimum Gasteiger partial charge on any atom is -0.467 e. The monoisotopic (exact) mass is 473 g/mol. The first-order valence-corrected chi connectivity index (χ1v) is 11.0. The van der Waals surface area contributed by atoms with E-state index in [-0.39, 0.29) is 25.5 Å². The van der Waals surface area contributed by atoms with Gasteiger partial charge in [0.1, 0.15) is 35.1 Å². The summed E-state index contributed by atoms with van der Waals surface area (Å²) in [6.45, 7) is 1.87. The van der Waals surface area contributed by atoms with E-state index in [4.69, 9.17) is 13.3 Å². The van der Waals surface area contributed by atoms with Crippen molar-refractivity contribution in [3.05, 3.63) is 96.2 Å². The largest absolute Gasteiger partial charge is 0.467 e. The van der Waals surface area contributed by atoms with Gasteiger partial charge in [-0.15, -0.1) is 5.10 Å². The highest BCUT2D eigenvalue weighted by molar-refractivity contribution is 5.88. The molecule has 0 spiro atoms. The minimum atomic E-state index is -1.05. The van der Waals surface area contributed by atoms with E-state index in [2.05, 4.69) is 15.6 Å². The van der Waals surface area contributed by atoms with Crippen LogP contribution in [0.2, 0.25) is 0 Å². The van der Waals surface area contributed by atoms with Crippen LogP contribution in [0, 0.1) is 6.92 Å². The Balaban J connectivity index is 1.47. The molecule has 178 valence electrons. The van der Waals surface area contributed by atoms with Gasteiger partial charge in [0.15, 0.2) is 6.04 Å². The molecule has 5 aromatic rings. The number of rotatable bonds is 9. The SMILES string of the molecule is Cc1ccc([C@H](C(=O)NCc2ccco2)N(Cc2ccco2)C(=O)Cn2nnc3ccccc32)o1. The Kier molecular flexibility index (Phi) is 6.16. The normalized spacial score (nSPS) is 12.0. The summed E-state index contributed by atoms with van der Waals surface area (Å²) in [6.07, 6.45) is 3.05. The summed E-state index contributed by atoms with van der Waals surface area (Å²) >= 11 is 0. The summed E-state index contributed by atoms with van der Waals surface area (Å²) in [5.41, 5.74) is 1.39. The summed E-state index contributed by atoms with van der Waals surface area (Å²) in [5.74, 6) is 1.29. The van der Waals surface area contributed by atoms with E-state index in [0.29, 0.717) is 34.1 Å². The van der Waals surface area contributed by atoms with E-state index in [1.807, 2.05) is 24.3 Å². The average molecular weight is 473 g/mol. The van der Waals surface area contributed by atoms with Gasteiger partial charge in [-0.2, -0.15) is 0 Å². The molecular formula is C25H23N5O5. The van der Waals surface area contributed by atoms with Crippen LogP contribution in [0.3, 0.4) is 0 Å². The van der Waals surface area contributed by atoms with Crippen molar-refractivity contribution >= 4 is 22.8 Å². The molecule has 0 aliphatic heterocycles. The first-order chi connectivity index (χ1) is 17.1. The Morgan fingerprint density at radius 3 is 2.49 bits per heavy atom.